The van der Waals surface area contributed by atoms with E-state index in [2.05, 4.69) is 20.3 Å². The van der Waals surface area contributed by atoms with Gasteiger partial charge in [-0.05, 0) is 37.3 Å². The van der Waals surface area contributed by atoms with Crippen LogP contribution in [0.2, 0.25) is 0 Å². The van der Waals surface area contributed by atoms with Crippen LogP contribution in [0.4, 0.5) is 17.3 Å². The number of rotatable bonds is 3. The van der Waals surface area contributed by atoms with Crippen molar-refractivity contribution in [1.29, 1.82) is 5.41 Å². The molecule has 3 aromatic rings. The Kier molecular flexibility index (Phi) is 3.42. The van der Waals surface area contributed by atoms with Gasteiger partial charge in [-0.1, -0.05) is 0 Å². The van der Waals surface area contributed by atoms with E-state index in [4.69, 9.17) is 11.1 Å². The highest BCUT2D eigenvalue weighted by molar-refractivity contribution is 7.19. The SMILES string of the molecule is N=Cc1cc(Nc2ncnc3sc4c(c23)CCCC4)ncc1N. The summed E-state index contributed by atoms with van der Waals surface area (Å²) in [5.74, 6) is 1.41. The molecule has 0 saturated heterocycles. The maximum absolute atomic E-state index is 7.41. The average molecular weight is 324 g/mol. The Morgan fingerprint density at radius 2 is 2.09 bits per heavy atom. The van der Waals surface area contributed by atoms with Crippen LogP contribution in [0.1, 0.15) is 28.8 Å². The number of aromatic nitrogens is 3. The predicted octanol–water partition coefficient (Wildman–Crippen LogP) is 3.29. The second kappa shape index (κ2) is 5.58. The number of hydrogen-bond donors (Lipinski definition) is 3. The van der Waals surface area contributed by atoms with Gasteiger partial charge >= 0.3 is 0 Å². The minimum Gasteiger partial charge on any atom is -0.397 e. The van der Waals surface area contributed by atoms with Crippen LogP contribution < -0.4 is 11.1 Å². The number of nitrogens with two attached hydrogens (primary N) is 1. The van der Waals surface area contributed by atoms with Gasteiger partial charge in [0, 0.05) is 16.7 Å². The van der Waals surface area contributed by atoms with Crippen LogP contribution in [0.15, 0.2) is 18.6 Å². The number of hydrogen-bond acceptors (Lipinski definition) is 7. The van der Waals surface area contributed by atoms with Crippen molar-refractivity contribution in [1.82, 2.24) is 15.0 Å². The van der Waals surface area contributed by atoms with Crippen molar-refractivity contribution in [2.24, 2.45) is 0 Å². The number of nitrogens with zero attached hydrogens (tertiary/aromatic N) is 3. The summed E-state index contributed by atoms with van der Waals surface area (Å²) in [5.41, 5.74) is 8.30. The lowest BCUT2D eigenvalue weighted by molar-refractivity contribution is 0.700. The number of nitrogens with one attached hydrogen (secondary N) is 2. The summed E-state index contributed by atoms with van der Waals surface area (Å²) in [6.07, 6.45) is 9.05. The van der Waals surface area contributed by atoms with Gasteiger partial charge in [-0.3, -0.25) is 0 Å². The monoisotopic (exact) mass is 324 g/mol. The highest BCUT2D eigenvalue weighted by atomic mass is 32.1. The first-order valence-corrected chi connectivity index (χ1v) is 8.36. The Hall–Kier alpha value is -2.54. The van der Waals surface area contributed by atoms with E-state index in [1.54, 1.807) is 29.9 Å². The normalized spacial score (nSPS) is 13.7. The molecule has 0 saturated carbocycles. The lowest BCUT2D eigenvalue weighted by Crippen LogP contribution is -2.03. The van der Waals surface area contributed by atoms with Crippen molar-refractivity contribution < 1.29 is 0 Å². The molecule has 4 rings (SSSR count). The van der Waals surface area contributed by atoms with Crippen LogP contribution in [-0.2, 0) is 12.8 Å². The molecular formula is C16H16N6S. The van der Waals surface area contributed by atoms with E-state index in [9.17, 15) is 0 Å². The smallest absolute Gasteiger partial charge is 0.144 e. The zero-order valence-corrected chi connectivity index (χ0v) is 13.3. The summed E-state index contributed by atoms with van der Waals surface area (Å²) in [6.45, 7) is 0. The van der Waals surface area contributed by atoms with Gasteiger partial charge in [0.25, 0.3) is 0 Å². The Labute approximate surface area is 137 Å². The van der Waals surface area contributed by atoms with E-state index < -0.39 is 0 Å². The van der Waals surface area contributed by atoms with E-state index in [0.29, 0.717) is 17.1 Å². The van der Waals surface area contributed by atoms with Crippen molar-refractivity contribution in [3.8, 4) is 0 Å². The van der Waals surface area contributed by atoms with E-state index in [-0.39, 0.29) is 0 Å². The molecule has 0 unspecified atom stereocenters. The largest absolute Gasteiger partial charge is 0.397 e. The minimum atomic E-state index is 0.492. The number of thiophene rings is 1. The molecule has 23 heavy (non-hydrogen) atoms. The third-order valence-electron chi connectivity index (χ3n) is 4.12. The maximum Gasteiger partial charge on any atom is 0.144 e. The third-order valence-corrected chi connectivity index (χ3v) is 5.32. The fraction of sp³-hybridized carbons (Fsp3) is 0.250. The number of anilines is 3. The fourth-order valence-corrected chi connectivity index (χ4v) is 4.21. The van der Waals surface area contributed by atoms with Crippen molar-refractivity contribution in [2.75, 3.05) is 11.1 Å². The number of pyridine rings is 1. The molecule has 0 spiro atoms. The molecule has 0 atom stereocenters. The Morgan fingerprint density at radius 3 is 2.96 bits per heavy atom. The molecule has 0 aromatic carbocycles. The summed E-state index contributed by atoms with van der Waals surface area (Å²) in [4.78, 5) is 15.6. The van der Waals surface area contributed by atoms with Crippen LogP contribution in [0.3, 0.4) is 0 Å². The molecule has 7 heteroatoms. The van der Waals surface area contributed by atoms with Crippen molar-refractivity contribution >= 4 is 45.1 Å². The van der Waals surface area contributed by atoms with Crippen molar-refractivity contribution in [3.05, 3.63) is 34.6 Å². The molecule has 4 N–H and O–H groups in total. The van der Waals surface area contributed by atoms with E-state index in [1.807, 2.05) is 0 Å². The Balaban J connectivity index is 1.80. The molecular weight excluding hydrogens is 308 g/mol. The van der Waals surface area contributed by atoms with Gasteiger partial charge in [-0.2, -0.15) is 0 Å². The van der Waals surface area contributed by atoms with Gasteiger partial charge in [0.2, 0.25) is 0 Å². The summed E-state index contributed by atoms with van der Waals surface area (Å²) >= 11 is 1.77. The summed E-state index contributed by atoms with van der Waals surface area (Å²) < 4.78 is 0. The standard InChI is InChI=1S/C16H16N6S/c17-6-9-5-13(19-7-11(9)18)22-15-14-10-3-1-2-4-12(10)23-16(14)21-8-20-15/h5-8,17H,1-4,18H2,(H,19,20,21,22). The van der Waals surface area contributed by atoms with Gasteiger partial charge < -0.3 is 16.5 Å². The highest BCUT2D eigenvalue weighted by Crippen LogP contribution is 2.38. The topological polar surface area (TPSA) is 101 Å². The third kappa shape index (κ3) is 2.43. The fourth-order valence-electron chi connectivity index (χ4n) is 2.98. The van der Waals surface area contributed by atoms with E-state index in [1.165, 1.54) is 29.5 Å². The van der Waals surface area contributed by atoms with Gasteiger partial charge in [-0.25, -0.2) is 15.0 Å². The quantitative estimate of drug-likeness (QED) is 0.642. The molecule has 0 aliphatic heterocycles. The van der Waals surface area contributed by atoms with Crippen LogP contribution >= 0.6 is 11.3 Å². The Morgan fingerprint density at radius 1 is 1.22 bits per heavy atom. The van der Waals surface area contributed by atoms with Crippen LogP contribution in [0.25, 0.3) is 10.2 Å². The molecule has 3 heterocycles. The lowest BCUT2D eigenvalue weighted by atomic mass is 9.97. The van der Waals surface area contributed by atoms with Crippen LogP contribution in [-0.4, -0.2) is 21.2 Å². The summed E-state index contributed by atoms with van der Waals surface area (Å²) in [6, 6.07) is 1.76. The minimum absolute atomic E-state index is 0.492. The van der Waals surface area contributed by atoms with Gasteiger partial charge in [0.1, 0.15) is 22.8 Å². The van der Waals surface area contributed by atoms with Crippen molar-refractivity contribution in [2.45, 2.75) is 25.7 Å². The Bertz CT molecular complexity index is 901. The highest BCUT2D eigenvalue weighted by Gasteiger charge is 2.20. The molecule has 1 aliphatic rings. The first kappa shape index (κ1) is 14.1. The predicted molar refractivity (Wildman–Crippen MR) is 93.9 cm³/mol. The van der Waals surface area contributed by atoms with Crippen LogP contribution in [0.5, 0.6) is 0 Å². The van der Waals surface area contributed by atoms with Gasteiger partial charge in [0.05, 0.1) is 17.3 Å². The molecule has 0 radical (unpaired) electrons. The molecule has 0 amide bonds. The van der Waals surface area contributed by atoms with E-state index >= 15 is 0 Å². The molecule has 116 valence electrons. The zero-order chi connectivity index (χ0) is 15.8. The first-order chi connectivity index (χ1) is 11.3. The van der Waals surface area contributed by atoms with Gasteiger partial charge in [0.15, 0.2) is 0 Å². The maximum atomic E-state index is 7.41. The molecule has 6 nitrogen and oxygen atoms in total. The second-order valence-electron chi connectivity index (χ2n) is 5.58. The van der Waals surface area contributed by atoms with Crippen LogP contribution in [0, 0.1) is 5.41 Å². The number of aryl methyl sites for hydroxylation is 2. The first-order valence-electron chi connectivity index (χ1n) is 7.54. The number of fused-ring (bicyclic) bond motifs is 3. The van der Waals surface area contributed by atoms with E-state index in [0.717, 1.165) is 28.9 Å². The molecule has 0 bridgehead atoms. The molecule has 0 fully saturated rings. The van der Waals surface area contributed by atoms with Crippen molar-refractivity contribution in [3.63, 3.8) is 0 Å². The summed E-state index contributed by atoms with van der Waals surface area (Å²) in [7, 11) is 0. The summed E-state index contributed by atoms with van der Waals surface area (Å²) in [5, 5.41) is 11.8. The number of nitrogen functional groups attached to an aromatic ring is 1. The zero-order valence-electron chi connectivity index (χ0n) is 12.5. The van der Waals surface area contributed by atoms with Gasteiger partial charge in [-0.15, -0.1) is 11.3 Å². The molecule has 1 aliphatic carbocycles. The second-order valence-corrected chi connectivity index (χ2v) is 6.66. The molecule has 3 aromatic heterocycles. The lowest BCUT2D eigenvalue weighted by Gasteiger charge is -2.12. The average Bonchev–Trinajstić information content (AvgIpc) is 2.96.